The number of nitrogens with two attached hydrogens (primary N) is 1. The molecule has 0 amide bonds. The van der Waals surface area contributed by atoms with Gasteiger partial charge in [0.15, 0.2) is 6.29 Å². The van der Waals surface area contributed by atoms with Crippen molar-refractivity contribution in [1.29, 1.82) is 0 Å². The summed E-state index contributed by atoms with van der Waals surface area (Å²) in [6.45, 7) is 1.46. The van der Waals surface area contributed by atoms with Crippen LogP contribution in [0.4, 0.5) is 11.4 Å². The smallest absolute Gasteiger partial charge is 0.280 e. The largest absolute Gasteiger partial charge is 0.350 e. The third kappa shape index (κ3) is 5.82. The average Bonchev–Trinajstić information content (AvgIpc) is 3.11. The summed E-state index contributed by atoms with van der Waals surface area (Å²) in [5, 5.41) is 21.7. The molecule has 1 unspecified atom stereocenters. The van der Waals surface area contributed by atoms with Gasteiger partial charge in [-0.1, -0.05) is 21.6 Å². The van der Waals surface area contributed by atoms with E-state index in [1.54, 1.807) is 10.8 Å². The molecule has 1 aromatic rings. The van der Waals surface area contributed by atoms with Crippen LogP contribution in [-0.2, 0) is 9.47 Å². The highest BCUT2D eigenvalue weighted by molar-refractivity contribution is 8.76. The lowest BCUT2D eigenvalue weighted by molar-refractivity contribution is -0.394. The summed E-state index contributed by atoms with van der Waals surface area (Å²) in [6, 6.07) is 3.67. The molecule has 1 fully saturated rings. The molecule has 2 N–H and O–H groups in total. The van der Waals surface area contributed by atoms with Gasteiger partial charge in [0, 0.05) is 23.9 Å². The van der Waals surface area contributed by atoms with E-state index in [0.717, 1.165) is 24.7 Å². The van der Waals surface area contributed by atoms with Gasteiger partial charge >= 0.3 is 0 Å². The van der Waals surface area contributed by atoms with E-state index in [1.165, 1.54) is 22.9 Å². The molecule has 25 heavy (non-hydrogen) atoms. The van der Waals surface area contributed by atoms with Gasteiger partial charge in [0.1, 0.15) is 0 Å². The highest BCUT2D eigenvalue weighted by atomic mass is 33.1. The summed E-state index contributed by atoms with van der Waals surface area (Å²) >= 11 is 0. The number of hydrogen-bond donors (Lipinski definition) is 1. The van der Waals surface area contributed by atoms with Crippen LogP contribution in [0.25, 0.3) is 0 Å². The molecule has 0 radical (unpaired) electrons. The Hall–Kier alpha value is -1.40. The molecule has 0 aromatic heterocycles. The van der Waals surface area contributed by atoms with Gasteiger partial charge in [-0.25, -0.2) is 0 Å². The Morgan fingerprint density at radius 2 is 1.96 bits per heavy atom. The van der Waals surface area contributed by atoms with Crippen molar-refractivity contribution in [2.75, 3.05) is 25.5 Å². The molecule has 0 bridgehead atoms. The van der Waals surface area contributed by atoms with Gasteiger partial charge in [-0.05, 0) is 18.9 Å². The first-order valence-electron chi connectivity index (χ1n) is 7.67. The van der Waals surface area contributed by atoms with Crippen LogP contribution >= 0.6 is 21.6 Å². The molecule has 1 heterocycles. The first-order chi connectivity index (χ1) is 12.0. The van der Waals surface area contributed by atoms with Gasteiger partial charge < -0.3 is 15.2 Å². The normalized spacial score (nSPS) is 16.0. The molecule has 2 rings (SSSR count). The Morgan fingerprint density at radius 1 is 1.24 bits per heavy atom. The maximum atomic E-state index is 11.2. The van der Waals surface area contributed by atoms with Crippen LogP contribution in [0.5, 0.6) is 0 Å². The monoisotopic (exact) mass is 389 g/mol. The van der Waals surface area contributed by atoms with E-state index in [-0.39, 0.29) is 29.5 Å². The van der Waals surface area contributed by atoms with Crippen LogP contribution in [0.15, 0.2) is 18.2 Å². The molecule has 1 aromatic carbocycles. The summed E-state index contributed by atoms with van der Waals surface area (Å²) in [7, 11) is 3.00. The zero-order valence-electron chi connectivity index (χ0n) is 13.4. The topological polar surface area (TPSA) is 131 Å². The van der Waals surface area contributed by atoms with Gasteiger partial charge in [-0.2, -0.15) is 0 Å². The van der Waals surface area contributed by atoms with Crippen molar-refractivity contribution in [3.05, 3.63) is 44.0 Å². The van der Waals surface area contributed by atoms with Gasteiger partial charge in [0.25, 0.3) is 11.4 Å². The van der Waals surface area contributed by atoms with Crippen LogP contribution in [0.1, 0.15) is 23.7 Å². The van der Waals surface area contributed by atoms with Crippen LogP contribution in [0.2, 0.25) is 0 Å². The summed E-state index contributed by atoms with van der Waals surface area (Å²) in [6.07, 6.45) is 1.56. The lowest BCUT2D eigenvalue weighted by Crippen LogP contribution is -2.11. The number of benzene rings is 1. The Balaban J connectivity index is 1.92. The maximum absolute atomic E-state index is 11.2. The predicted molar refractivity (Wildman–Crippen MR) is 96.5 cm³/mol. The van der Waals surface area contributed by atoms with Crippen molar-refractivity contribution in [2.45, 2.75) is 24.4 Å². The Labute approximate surface area is 152 Å². The van der Waals surface area contributed by atoms with Gasteiger partial charge in [-0.15, -0.1) is 0 Å². The zero-order valence-corrected chi connectivity index (χ0v) is 15.0. The number of ether oxygens (including phenoxy) is 2. The first-order valence-corrected chi connectivity index (χ1v) is 10.1. The summed E-state index contributed by atoms with van der Waals surface area (Å²) in [4.78, 5) is 20.8. The van der Waals surface area contributed by atoms with Crippen molar-refractivity contribution in [3.8, 4) is 0 Å². The van der Waals surface area contributed by atoms with Crippen molar-refractivity contribution < 1.29 is 19.3 Å². The molecular formula is C14H19N3O6S2. The van der Waals surface area contributed by atoms with Gasteiger partial charge in [0.2, 0.25) is 0 Å². The lowest BCUT2D eigenvalue weighted by atomic mass is 10.1. The minimum atomic E-state index is -0.650. The number of rotatable bonds is 10. The molecule has 1 saturated heterocycles. The molecule has 1 aliphatic rings. The second-order valence-electron chi connectivity index (χ2n) is 5.21. The molecular weight excluding hydrogens is 370 g/mol. The second kappa shape index (κ2) is 9.92. The molecule has 1 atom stereocenters. The van der Waals surface area contributed by atoms with E-state index in [1.807, 2.05) is 0 Å². The Bertz CT molecular complexity index is 612. The maximum Gasteiger partial charge on any atom is 0.280 e. The third-order valence-electron chi connectivity index (χ3n) is 3.53. The predicted octanol–water partition coefficient (Wildman–Crippen LogP) is 3.04. The number of nitrogens with zero attached hydrogens (tertiary/aromatic N) is 2. The first kappa shape index (κ1) is 19.9. The molecule has 9 nitrogen and oxygen atoms in total. The Kier molecular flexibility index (Phi) is 7.90. The van der Waals surface area contributed by atoms with E-state index in [0.29, 0.717) is 18.8 Å². The van der Waals surface area contributed by atoms with E-state index in [4.69, 9.17) is 15.2 Å². The van der Waals surface area contributed by atoms with E-state index in [2.05, 4.69) is 0 Å². The van der Waals surface area contributed by atoms with Crippen molar-refractivity contribution in [1.82, 2.24) is 0 Å². The SMILES string of the molecule is NCC(SSCCCC1OCCO1)c1ccc([N+](=O)[O-])cc1[N+](=O)[O-]. The van der Waals surface area contributed by atoms with E-state index < -0.39 is 9.85 Å². The number of nitro groups is 2. The standard InChI is InChI=1S/C14H19N3O6S2/c15-9-13(25-24-7-1-2-14-22-5-6-23-14)11-4-3-10(16(18)19)8-12(11)17(20)21/h3-4,8,13-14H,1-2,5-7,9,15H2. The molecule has 138 valence electrons. The summed E-state index contributed by atoms with van der Waals surface area (Å²) < 4.78 is 10.7. The lowest BCUT2D eigenvalue weighted by Gasteiger charge is -2.14. The van der Waals surface area contributed by atoms with Crippen molar-refractivity contribution >= 4 is 33.0 Å². The van der Waals surface area contributed by atoms with Gasteiger partial charge in [-0.3, -0.25) is 20.2 Å². The molecule has 1 aliphatic heterocycles. The van der Waals surface area contributed by atoms with E-state index >= 15 is 0 Å². The van der Waals surface area contributed by atoms with E-state index in [9.17, 15) is 20.2 Å². The zero-order chi connectivity index (χ0) is 18.2. The summed E-state index contributed by atoms with van der Waals surface area (Å²) in [5.41, 5.74) is 5.58. The second-order valence-corrected chi connectivity index (χ2v) is 7.90. The fourth-order valence-electron chi connectivity index (χ4n) is 2.31. The van der Waals surface area contributed by atoms with Crippen LogP contribution in [-0.4, -0.2) is 41.6 Å². The van der Waals surface area contributed by atoms with Crippen LogP contribution in [0, 0.1) is 20.2 Å². The Morgan fingerprint density at radius 3 is 2.56 bits per heavy atom. The fourth-order valence-corrected chi connectivity index (χ4v) is 4.92. The molecule has 0 aliphatic carbocycles. The quantitative estimate of drug-likeness (QED) is 0.277. The number of hydrogen-bond acceptors (Lipinski definition) is 9. The highest BCUT2D eigenvalue weighted by Gasteiger charge is 2.25. The third-order valence-corrected chi connectivity index (χ3v) is 6.40. The minimum absolute atomic E-state index is 0.133. The molecule has 0 spiro atoms. The molecule has 11 heteroatoms. The van der Waals surface area contributed by atoms with Crippen molar-refractivity contribution in [2.24, 2.45) is 5.73 Å². The average molecular weight is 389 g/mol. The summed E-state index contributed by atoms with van der Waals surface area (Å²) in [5.74, 6) is 0.825. The van der Waals surface area contributed by atoms with Crippen LogP contribution < -0.4 is 5.73 Å². The van der Waals surface area contributed by atoms with Crippen molar-refractivity contribution in [3.63, 3.8) is 0 Å². The number of nitro benzene ring substituents is 2. The van der Waals surface area contributed by atoms with Gasteiger partial charge in [0.05, 0.1) is 34.4 Å². The fraction of sp³-hybridized carbons (Fsp3) is 0.571. The molecule has 0 saturated carbocycles. The highest BCUT2D eigenvalue weighted by Crippen LogP contribution is 2.42. The number of non-ortho nitro benzene ring substituents is 1. The van der Waals surface area contributed by atoms with Crippen LogP contribution in [0.3, 0.4) is 0 Å². The minimum Gasteiger partial charge on any atom is -0.350 e.